The Morgan fingerprint density at radius 2 is 1.74 bits per heavy atom. The normalized spacial score (nSPS) is 10.2. The van der Waals surface area contributed by atoms with Gasteiger partial charge < -0.3 is 4.74 Å². The molecule has 0 N–H and O–H groups in total. The number of nitriles is 1. The highest BCUT2D eigenvalue weighted by atomic mass is 79.9. The minimum atomic E-state index is -0.740. The molecule has 0 amide bonds. The largest absolute Gasteiger partial charge is 0.462 e. The van der Waals surface area contributed by atoms with Gasteiger partial charge in [-0.25, -0.2) is 4.79 Å². The highest BCUT2D eigenvalue weighted by Crippen LogP contribution is 2.15. The molecule has 0 aliphatic carbocycles. The van der Waals surface area contributed by atoms with Crippen LogP contribution in [-0.4, -0.2) is 22.3 Å². The molecule has 0 aromatic carbocycles. The standard InChI is InChI=1S/C12H9Br2NO2S2/c1-2-17-12(16)8(7-15)11(9(18)3-5-13)10(19)4-6-14/h3-6H,2H2,1H3. The van der Waals surface area contributed by atoms with Crippen LogP contribution in [0, 0.1) is 11.3 Å². The number of carbonyl (C=O) groups excluding carboxylic acids is 1. The molecule has 0 radical (unpaired) electrons. The minimum absolute atomic E-state index is 0.166. The monoisotopic (exact) mass is 421 g/mol. The Balaban J connectivity index is 5.91. The highest BCUT2D eigenvalue weighted by Gasteiger charge is 2.20. The third kappa shape index (κ3) is 5.87. The summed E-state index contributed by atoms with van der Waals surface area (Å²) in [6, 6.07) is 1.80. The molecule has 0 saturated heterocycles. The SMILES string of the molecule is CCOC(=O)C(C#N)=C(C(=S)C=CBr)C(=S)C=CBr. The summed E-state index contributed by atoms with van der Waals surface area (Å²) in [6.45, 7) is 1.82. The molecular formula is C12H9Br2NO2S2. The zero-order valence-corrected chi connectivity index (χ0v) is 14.7. The Kier molecular flexibility index (Phi) is 9.79. The summed E-state index contributed by atoms with van der Waals surface area (Å²) in [6.07, 6.45) is 3.05. The Labute approximate surface area is 139 Å². The lowest BCUT2D eigenvalue weighted by Crippen LogP contribution is -2.16. The van der Waals surface area contributed by atoms with Crippen LogP contribution in [-0.2, 0) is 9.53 Å². The third-order valence-electron chi connectivity index (χ3n) is 1.76. The maximum absolute atomic E-state index is 11.7. The van der Waals surface area contributed by atoms with E-state index >= 15 is 0 Å². The van der Waals surface area contributed by atoms with Gasteiger partial charge in [-0.15, -0.1) is 0 Å². The summed E-state index contributed by atoms with van der Waals surface area (Å²) in [5.74, 6) is -0.740. The van der Waals surface area contributed by atoms with Gasteiger partial charge in [0.25, 0.3) is 0 Å². The van der Waals surface area contributed by atoms with Crippen LogP contribution < -0.4 is 0 Å². The molecule has 0 spiro atoms. The van der Waals surface area contributed by atoms with E-state index in [0.29, 0.717) is 0 Å². The summed E-state index contributed by atoms with van der Waals surface area (Å²) >= 11 is 16.5. The van der Waals surface area contributed by atoms with Gasteiger partial charge in [-0.2, -0.15) is 5.26 Å². The van der Waals surface area contributed by atoms with Gasteiger partial charge in [-0.1, -0.05) is 56.3 Å². The molecular weight excluding hydrogens is 414 g/mol. The van der Waals surface area contributed by atoms with E-state index in [9.17, 15) is 4.79 Å². The average molecular weight is 423 g/mol. The molecule has 0 heterocycles. The average Bonchev–Trinajstić information content (AvgIpc) is 2.36. The van der Waals surface area contributed by atoms with Crippen molar-refractivity contribution >= 4 is 72.0 Å². The predicted molar refractivity (Wildman–Crippen MR) is 90.6 cm³/mol. The van der Waals surface area contributed by atoms with E-state index in [-0.39, 0.29) is 27.5 Å². The number of halogens is 2. The fourth-order valence-corrected chi connectivity index (χ4v) is 2.56. The zero-order chi connectivity index (χ0) is 14.8. The Morgan fingerprint density at radius 1 is 1.26 bits per heavy atom. The molecule has 19 heavy (non-hydrogen) atoms. The molecule has 0 aliphatic heterocycles. The van der Waals surface area contributed by atoms with Crippen LogP contribution in [0.4, 0.5) is 0 Å². The number of rotatable bonds is 6. The summed E-state index contributed by atoms with van der Waals surface area (Å²) < 4.78 is 4.82. The number of carbonyl (C=O) groups is 1. The minimum Gasteiger partial charge on any atom is -0.462 e. The molecule has 0 aliphatic rings. The summed E-state index contributed by atoms with van der Waals surface area (Å²) in [5.41, 5.74) is 0.00500. The molecule has 0 atom stereocenters. The first-order valence-electron chi connectivity index (χ1n) is 4.97. The molecule has 0 unspecified atom stereocenters. The van der Waals surface area contributed by atoms with E-state index in [1.807, 2.05) is 0 Å². The second-order valence-electron chi connectivity index (χ2n) is 2.90. The number of hydrogen-bond acceptors (Lipinski definition) is 5. The van der Waals surface area contributed by atoms with E-state index in [2.05, 4.69) is 31.9 Å². The Morgan fingerprint density at radius 3 is 2.05 bits per heavy atom. The van der Waals surface area contributed by atoms with Crippen molar-refractivity contribution in [3.05, 3.63) is 33.3 Å². The molecule has 0 saturated carbocycles. The molecule has 3 nitrogen and oxygen atoms in total. The quantitative estimate of drug-likeness (QED) is 0.281. The summed E-state index contributed by atoms with van der Waals surface area (Å²) in [7, 11) is 0. The second kappa shape index (κ2) is 10.1. The highest BCUT2D eigenvalue weighted by molar-refractivity contribution is 9.11. The van der Waals surface area contributed by atoms with Gasteiger partial charge in [0.1, 0.15) is 11.6 Å². The van der Waals surface area contributed by atoms with Crippen molar-refractivity contribution in [3.63, 3.8) is 0 Å². The summed E-state index contributed by atoms with van der Waals surface area (Å²) in [5, 5.41) is 9.13. The fraction of sp³-hybridized carbons (Fsp3) is 0.167. The van der Waals surface area contributed by atoms with Crippen molar-refractivity contribution in [2.45, 2.75) is 6.92 Å². The van der Waals surface area contributed by atoms with Crippen LogP contribution in [0.3, 0.4) is 0 Å². The zero-order valence-electron chi connectivity index (χ0n) is 9.85. The van der Waals surface area contributed by atoms with E-state index < -0.39 is 5.97 Å². The Bertz CT molecular complexity index is 490. The van der Waals surface area contributed by atoms with Gasteiger partial charge in [0.05, 0.1) is 6.61 Å². The number of hydrogen-bond donors (Lipinski definition) is 0. The second-order valence-corrected chi connectivity index (χ2v) is 4.83. The van der Waals surface area contributed by atoms with E-state index in [1.165, 1.54) is 22.1 Å². The number of nitrogens with zero attached hydrogens (tertiary/aromatic N) is 1. The fourth-order valence-electron chi connectivity index (χ4n) is 1.06. The van der Waals surface area contributed by atoms with Crippen LogP contribution in [0.1, 0.15) is 6.92 Å². The van der Waals surface area contributed by atoms with Crippen molar-refractivity contribution in [2.75, 3.05) is 6.61 Å². The van der Waals surface area contributed by atoms with Gasteiger partial charge in [-0.05, 0) is 29.0 Å². The van der Waals surface area contributed by atoms with Gasteiger partial charge in [0.15, 0.2) is 0 Å². The van der Waals surface area contributed by atoms with E-state index in [1.54, 1.807) is 13.0 Å². The molecule has 0 fully saturated rings. The van der Waals surface area contributed by atoms with Crippen molar-refractivity contribution in [2.24, 2.45) is 0 Å². The smallest absolute Gasteiger partial charge is 0.349 e. The van der Waals surface area contributed by atoms with Gasteiger partial charge in [0, 0.05) is 15.3 Å². The van der Waals surface area contributed by atoms with Crippen molar-refractivity contribution in [1.29, 1.82) is 5.26 Å². The Hall–Kier alpha value is -0.680. The van der Waals surface area contributed by atoms with Crippen molar-refractivity contribution < 1.29 is 9.53 Å². The van der Waals surface area contributed by atoms with Gasteiger partial charge in [-0.3, -0.25) is 0 Å². The first-order chi connectivity index (χ1) is 9.03. The van der Waals surface area contributed by atoms with Crippen LogP contribution in [0.25, 0.3) is 0 Å². The lowest BCUT2D eigenvalue weighted by atomic mass is 10.0. The lowest BCUT2D eigenvalue weighted by molar-refractivity contribution is -0.138. The number of ether oxygens (including phenoxy) is 1. The summed E-state index contributed by atoms with van der Waals surface area (Å²) in [4.78, 5) is 15.3. The third-order valence-corrected chi connectivity index (χ3v) is 2.97. The number of thiocarbonyl (C=S) groups is 2. The van der Waals surface area contributed by atoms with Crippen LogP contribution in [0.15, 0.2) is 33.3 Å². The molecule has 0 bridgehead atoms. The number of allylic oxidation sites excluding steroid dienone is 3. The molecule has 100 valence electrons. The molecule has 7 heteroatoms. The lowest BCUT2D eigenvalue weighted by Gasteiger charge is -2.08. The number of esters is 1. The van der Waals surface area contributed by atoms with Gasteiger partial charge >= 0.3 is 5.97 Å². The maximum atomic E-state index is 11.7. The van der Waals surface area contributed by atoms with Crippen molar-refractivity contribution in [1.82, 2.24) is 0 Å². The van der Waals surface area contributed by atoms with Crippen LogP contribution in [0.2, 0.25) is 0 Å². The van der Waals surface area contributed by atoms with E-state index in [0.717, 1.165) is 0 Å². The maximum Gasteiger partial charge on any atom is 0.349 e. The topological polar surface area (TPSA) is 50.1 Å². The predicted octanol–water partition coefficient (Wildman–Crippen LogP) is 3.93. The van der Waals surface area contributed by atoms with Gasteiger partial charge in [0.2, 0.25) is 0 Å². The van der Waals surface area contributed by atoms with Crippen LogP contribution in [0.5, 0.6) is 0 Å². The molecule has 0 aromatic heterocycles. The van der Waals surface area contributed by atoms with E-state index in [4.69, 9.17) is 34.4 Å². The molecule has 0 rings (SSSR count). The first-order valence-corrected chi connectivity index (χ1v) is 7.61. The first kappa shape index (κ1) is 18.3. The van der Waals surface area contributed by atoms with Crippen molar-refractivity contribution in [3.8, 4) is 6.07 Å². The van der Waals surface area contributed by atoms with Crippen LogP contribution >= 0.6 is 56.3 Å². The molecule has 0 aromatic rings.